The lowest BCUT2D eigenvalue weighted by molar-refractivity contribution is 0.322. The Morgan fingerprint density at radius 2 is 2.29 bits per heavy atom. The molecular weight excluding hydrogens is 234 g/mol. The fraction of sp³-hybridized carbons (Fsp3) is 0.500. The maximum absolute atomic E-state index is 5.66. The van der Waals surface area contributed by atoms with Crippen LogP contribution in [-0.2, 0) is 6.42 Å². The largest absolute Gasteiger partial charge is 0.490 e. The molecule has 4 nitrogen and oxygen atoms in total. The first kappa shape index (κ1) is 12.1. The predicted molar refractivity (Wildman–Crippen MR) is 68.7 cm³/mol. The highest BCUT2D eigenvalue weighted by Crippen LogP contribution is 2.15. The molecule has 17 heavy (non-hydrogen) atoms. The fourth-order valence-electron chi connectivity index (χ4n) is 1.51. The molecule has 0 amide bonds. The van der Waals surface area contributed by atoms with Crippen molar-refractivity contribution >= 4 is 11.3 Å². The number of aromatic nitrogens is 3. The molecular formula is C12H17N3OS. The average Bonchev–Trinajstić information content (AvgIpc) is 2.89. The van der Waals surface area contributed by atoms with Gasteiger partial charge < -0.3 is 4.74 Å². The van der Waals surface area contributed by atoms with Crippen molar-refractivity contribution in [2.24, 2.45) is 0 Å². The number of thiazole rings is 1. The van der Waals surface area contributed by atoms with Gasteiger partial charge in [0.15, 0.2) is 5.75 Å². The molecule has 2 rings (SSSR count). The minimum Gasteiger partial charge on any atom is -0.490 e. The molecule has 2 aromatic rings. The lowest BCUT2D eigenvalue weighted by atomic mass is 10.3. The number of rotatable bonds is 5. The number of ether oxygens (including phenoxy) is 1. The van der Waals surface area contributed by atoms with Gasteiger partial charge in [-0.15, -0.1) is 11.3 Å². The van der Waals surface area contributed by atoms with E-state index < -0.39 is 0 Å². The molecule has 2 heterocycles. The van der Waals surface area contributed by atoms with Gasteiger partial charge in [-0.1, -0.05) is 0 Å². The van der Waals surface area contributed by atoms with E-state index in [2.05, 4.69) is 23.9 Å². The van der Waals surface area contributed by atoms with Crippen molar-refractivity contribution < 1.29 is 4.74 Å². The third kappa shape index (κ3) is 3.06. The first-order valence-corrected chi connectivity index (χ1v) is 6.60. The van der Waals surface area contributed by atoms with Gasteiger partial charge in [0.05, 0.1) is 30.2 Å². The summed E-state index contributed by atoms with van der Waals surface area (Å²) in [5.41, 5.74) is 2.98. The summed E-state index contributed by atoms with van der Waals surface area (Å²) in [4.78, 5) is 5.51. The first-order chi connectivity index (χ1) is 8.16. The molecule has 2 aromatic heterocycles. The van der Waals surface area contributed by atoms with Crippen LogP contribution in [0.1, 0.15) is 30.5 Å². The smallest absolute Gasteiger partial charge is 0.157 e. The predicted octanol–water partition coefficient (Wildman–Crippen LogP) is 2.85. The molecule has 92 valence electrons. The second-order valence-electron chi connectivity index (χ2n) is 4.21. The van der Waals surface area contributed by atoms with Crippen LogP contribution in [0.4, 0.5) is 0 Å². The summed E-state index contributed by atoms with van der Waals surface area (Å²) in [7, 11) is 0. The van der Waals surface area contributed by atoms with E-state index in [1.807, 2.05) is 23.3 Å². The summed E-state index contributed by atoms with van der Waals surface area (Å²) in [5.74, 6) is 0.834. The summed E-state index contributed by atoms with van der Waals surface area (Å²) >= 11 is 1.68. The molecule has 0 aliphatic carbocycles. The molecule has 0 atom stereocenters. The van der Waals surface area contributed by atoms with Crippen molar-refractivity contribution in [2.75, 3.05) is 6.61 Å². The zero-order valence-electron chi connectivity index (χ0n) is 10.4. The van der Waals surface area contributed by atoms with Gasteiger partial charge in [-0.2, -0.15) is 5.10 Å². The van der Waals surface area contributed by atoms with E-state index in [0.717, 1.165) is 17.9 Å². The van der Waals surface area contributed by atoms with Gasteiger partial charge in [0, 0.05) is 17.3 Å². The molecule has 0 bridgehead atoms. The van der Waals surface area contributed by atoms with E-state index in [4.69, 9.17) is 4.74 Å². The molecule has 0 saturated heterocycles. The van der Waals surface area contributed by atoms with E-state index >= 15 is 0 Å². The molecule has 0 N–H and O–H groups in total. The van der Waals surface area contributed by atoms with Crippen LogP contribution in [0.25, 0.3) is 0 Å². The lowest BCUT2D eigenvalue weighted by Crippen LogP contribution is -2.01. The Labute approximate surface area is 105 Å². The minimum absolute atomic E-state index is 0.371. The molecule has 0 spiro atoms. The van der Waals surface area contributed by atoms with Crippen molar-refractivity contribution in [1.29, 1.82) is 0 Å². The van der Waals surface area contributed by atoms with E-state index in [9.17, 15) is 0 Å². The Morgan fingerprint density at radius 1 is 1.47 bits per heavy atom. The van der Waals surface area contributed by atoms with E-state index in [-0.39, 0.29) is 0 Å². The Balaban J connectivity index is 1.84. The monoisotopic (exact) mass is 251 g/mol. The lowest BCUT2D eigenvalue weighted by Gasteiger charge is -2.04. The molecule has 0 aliphatic heterocycles. The van der Waals surface area contributed by atoms with Gasteiger partial charge in [0.2, 0.25) is 0 Å². The SMILES string of the molecule is Cc1ncsc1CCOc1cnn(C(C)C)c1. The zero-order valence-corrected chi connectivity index (χ0v) is 11.2. The average molecular weight is 251 g/mol. The molecule has 0 fully saturated rings. The van der Waals surface area contributed by atoms with Crippen molar-refractivity contribution in [2.45, 2.75) is 33.2 Å². The normalized spacial score (nSPS) is 11.1. The number of hydrogen-bond acceptors (Lipinski definition) is 4. The number of hydrogen-bond donors (Lipinski definition) is 0. The second kappa shape index (κ2) is 5.31. The highest BCUT2D eigenvalue weighted by molar-refractivity contribution is 7.09. The molecule has 0 unspecified atom stereocenters. The molecule has 0 radical (unpaired) electrons. The third-order valence-corrected chi connectivity index (χ3v) is 3.54. The van der Waals surface area contributed by atoms with Gasteiger partial charge in [-0.25, -0.2) is 4.98 Å². The number of nitrogens with zero attached hydrogens (tertiary/aromatic N) is 3. The standard InChI is InChI=1S/C12H17N3OS/c1-9(2)15-7-11(6-14-15)16-5-4-12-10(3)13-8-17-12/h6-9H,4-5H2,1-3H3. The van der Waals surface area contributed by atoms with Crippen LogP contribution in [0.2, 0.25) is 0 Å². The summed E-state index contributed by atoms with van der Waals surface area (Å²) in [6, 6.07) is 0.371. The van der Waals surface area contributed by atoms with Crippen molar-refractivity contribution in [3.05, 3.63) is 28.5 Å². The van der Waals surface area contributed by atoms with Crippen LogP contribution in [0.15, 0.2) is 17.9 Å². The van der Waals surface area contributed by atoms with Crippen LogP contribution in [0.3, 0.4) is 0 Å². The minimum atomic E-state index is 0.371. The van der Waals surface area contributed by atoms with Crippen LogP contribution in [0.5, 0.6) is 5.75 Å². The highest BCUT2D eigenvalue weighted by atomic mass is 32.1. The van der Waals surface area contributed by atoms with Crippen molar-refractivity contribution in [1.82, 2.24) is 14.8 Å². The Bertz CT molecular complexity index is 476. The van der Waals surface area contributed by atoms with Crippen LogP contribution in [-0.4, -0.2) is 21.4 Å². The maximum atomic E-state index is 5.66. The second-order valence-corrected chi connectivity index (χ2v) is 5.15. The van der Waals surface area contributed by atoms with Crippen LogP contribution < -0.4 is 4.74 Å². The van der Waals surface area contributed by atoms with Gasteiger partial charge in [-0.3, -0.25) is 4.68 Å². The van der Waals surface area contributed by atoms with E-state index in [1.54, 1.807) is 17.5 Å². The molecule has 5 heteroatoms. The quantitative estimate of drug-likeness (QED) is 0.820. The Hall–Kier alpha value is -1.36. The van der Waals surface area contributed by atoms with Gasteiger partial charge in [0.25, 0.3) is 0 Å². The molecule has 0 aromatic carbocycles. The van der Waals surface area contributed by atoms with Crippen LogP contribution in [0, 0.1) is 6.92 Å². The third-order valence-electron chi connectivity index (χ3n) is 2.55. The summed E-state index contributed by atoms with van der Waals surface area (Å²) in [6.07, 6.45) is 4.60. The first-order valence-electron chi connectivity index (χ1n) is 5.72. The van der Waals surface area contributed by atoms with E-state index in [0.29, 0.717) is 12.6 Å². The van der Waals surface area contributed by atoms with Gasteiger partial charge in [-0.05, 0) is 20.8 Å². The number of aryl methyl sites for hydroxylation is 1. The van der Waals surface area contributed by atoms with E-state index in [1.165, 1.54) is 4.88 Å². The Kier molecular flexibility index (Phi) is 3.78. The fourth-order valence-corrected chi connectivity index (χ4v) is 2.27. The topological polar surface area (TPSA) is 39.9 Å². The maximum Gasteiger partial charge on any atom is 0.157 e. The molecule has 0 saturated carbocycles. The van der Waals surface area contributed by atoms with Crippen molar-refractivity contribution in [3.63, 3.8) is 0 Å². The summed E-state index contributed by atoms with van der Waals surface area (Å²) in [6.45, 7) is 6.89. The van der Waals surface area contributed by atoms with Gasteiger partial charge in [0.1, 0.15) is 0 Å². The van der Waals surface area contributed by atoms with Crippen LogP contribution >= 0.6 is 11.3 Å². The Morgan fingerprint density at radius 3 is 2.88 bits per heavy atom. The summed E-state index contributed by atoms with van der Waals surface area (Å²) in [5, 5.41) is 4.23. The summed E-state index contributed by atoms with van der Waals surface area (Å²) < 4.78 is 7.56. The molecule has 0 aliphatic rings. The highest BCUT2D eigenvalue weighted by Gasteiger charge is 2.04. The van der Waals surface area contributed by atoms with Gasteiger partial charge >= 0.3 is 0 Å². The van der Waals surface area contributed by atoms with Crippen molar-refractivity contribution in [3.8, 4) is 5.75 Å². The zero-order chi connectivity index (χ0) is 12.3.